The van der Waals surface area contributed by atoms with Gasteiger partial charge in [0.25, 0.3) is 0 Å². The smallest absolute Gasteiger partial charge is 0.332 e. The van der Waals surface area contributed by atoms with E-state index in [1.54, 1.807) is 12.3 Å². The number of rotatable bonds is 3. The highest BCUT2D eigenvalue weighted by molar-refractivity contribution is 9.09. The molecular weight excluding hydrogens is 318 g/mol. The van der Waals surface area contributed by atoms with Crippen LogP contribution in [0.3, 0.4) is 0 Å². The first-order valence-corrected chi connectivity index (χ1v) is 6.81. The summed E-state index contributed by atoms with van der Waals surface area (Å²) < 4.78 is 4.78. The van der Waals surface area contributed by atoms with Crippen molar-refractivity contribution >= 4 is 44.4 Å². The Labute approximate surface area is 118 Å². The third-order valence-corrected chi connectivity index (χ3v) is 4.41. The number of aromatic nitrogens is 1. The van der Waals surface area contributed by atoms with E-state index in [4.69, 9.17) is 16.3 Å². The molecule has 0 spiro atoms. The number of carbonyl (C=O) groups is 1. The monoisotopic (exact) mass is 327 g/mol. The molecule has 2 rings (SSSR count). The van der Waals surface area contributed by atoms with Gasteiger partial charge in [-0.25, -0.2) is 4.79 Å². The van der Waals surface area contributed by atoms with E-state index in [0.29, 0.717) is 11.1 Å². The fourth-order valence-electron chi connectivity index (χ4n) is 1.82. The molecule has 0 saturated carbocycles. The molecule has 18 heavy (non-hydrogen) atoms. The maximum Gasteiger partial charge on any atom is 0.332 e. The Morgan fingerprint density at radius 1 is 1.44 bits per heavy atom. The first kappa shape index (κ1) is 13.3. The lowest BCUT2D eigenvalue weighted by Gasteiger charge is -2.23. The minimum absolute atomic E-state index is 0.254. The predicted molar refractivity (Wildman–Crippen MR) is 75.1 cm³/mol. The van der Waals surface area contributed by atoms with Gasteiger partial charge < -0.3 is 4.74 Å². The van der Waals surface area contributed by atoms with Gasteiger partial charge in [0.1, 0.15) is 0 Å². The molecule has 0 aliphatic carbocycles. The van der Waals surface area contributed by atoms with E-state index in [1.165, 1.54) is 7.11 Å². The van der Waals surface area contributed by atoms with Gasteiger partial charge in [0.05, 0.1) is 12.6 Å². The van der Waals surface area contributed by atoms with Crippen molar-refractivity contribution < 1.29 is 9.53 Å². The van der Waals surface area contributed by atoms with E-state index >= 15 is 0 Å². The van der Waals surface area contributed by atoms with Gasteiger partial charge in [-0.1, -0.05) is 40.2 Å². The van der Waals surface area contributed by atoms with Gasteiger partial charge in [-0.3, -0.25) is 4.98 Å². The lowest BCUT2D eigenvalue weighted by Crippen LogP contribution is -2.33. The van der Waals surface area contributed by atoms with Gasteiger partial charge in [-0.05, 0) is 6.07 Å². The predicted octanol–water partition coefficient (Wildman–Crippen LogP) is 3.24. The Morgan fingerprint density at radius 2 is 2.17 bits per heavy atom. The highest BCUT2D eigenvalue weighted by Crippen LogP contribution is 2.36. The molecule has 5 heteroatoms. The molecule has 1 unspecified atom stereocenters. The Kier molecular flexibility index (Phi) is 3.88. The lowest BCUT2D eigenvalue weighted by molar-refractivity contribution is -0.143. The third-order valence-electron chi connectivity index (χ3n) is 2.75. The highest BCUT2D eigenvalue weighted by Gasteiger charge is 2.40. The van der Waals surface area contributed by atoms with Crippen LogP contribution in [0.5, 0.6) is 0 Å². The minimum Gasteiger partial charge on any atom is -0.467 e. The number of methoxy groups -OCH3 is 1. The number of nitrogens with zero attached hydrogens (tertiary/aromatic N) is 1. The summed E-state index contributed by atoms with van der Waals surface area (Å²) in [7, 11) is 1.32. The topological polar surface area (TPSA) is 39.2 Å². The fraction of sp³-hybridized carbons (Fsp3) is 0.231. The average Bonchev–Trinajstić information content (AvgIpc) is 2.45. The van der Waals surface area contributed by atoms with Crippen LogP contribution >= 0.6 is 27.5 Å². The highest BCUT2D eigenvalue weighted by atomic mass is 79.9. The van der Waals surface area contributed by atoms with Crippen LogP contribution in [0.15, 0.2) is 36.5 Å². The second kappa shape index (κ2) is 5.24. The molecule has 94 valence electrons. The fourth-order valence-corrected chi connectivity index (χ4v) is 2.58. The number of carbonyl (C=O) groups excluding carboxylic acids is 1. The third kappa shape index (κ3) is 2.10. The number of para-hydroxylation sites is 1. The number of esters is 1. The molecule has 0 fully saturated rings. The SMILES string of the molecule is COC(=O)C(Cl)(CBr)c1cccc2cccnc12. The van der Waals surface area contributed by atoms with Crippen molar-refractivity contribution in [2.75, 3.05) is 12.4 Å². The van der Waals surface area contributed by atoms with Crippen LogP contribution in [0.4, 0.5) is 0 Å². The average molecular weight is 329 g/mol. The molecule has 0 bridgehead atoms. The van der Waals surface area contributed by atoms with E-state index in [0.717, 1.165) is 5.39 Å². The van der Waals surface area contributed by atoms with Gasteiger partial charge in [0.15, 0.2) is 4.87 Å². The largest absolute Gasteiger partial charge is 0.467 e. The molecule has 1 atom stereocenters. The maximum absolute atomic E-state index is 11.9. The summed E-state index contributed by atoms with van der Waals surface area (Å²) in [6, 6.07) is 9.33. The molecule has 1 aromatic heterocycles. The number of alkyl halides is 2. The quantitative estimate of drug-likeness (QED) is 0.641. The Balaban J connectivity index is 2.69. The van der Waals surface area contributed by atoms with E-state index < -0.39 is 10.8 Å². The first-order chi connectivity index (χ1) is 8.63. The Hall–Kier alpha value is -1.13. The molecule has 0 aliphatic heterocycles. The number of benzene rings is 1. The second-order valence-electron chi connectivity index (χ2n) is 3.81. The molecular formula is C13H11BrClNO2. The van der Waals surface area contributed by atoms with E-state index in [2.05, 4.69) is 20.9 Å². The number of hydrogen-bond acceptors (Lipinski definition) is 3. The second-order valence-corrected chi connectivity index (χ2v) is 5.01. The van der Waals surface area contributed by atoms with Crippen LogP contribution in [0.1, 0.15) is 5.56 Å². The van der Waals surface area contributed by atoms with Crippen molar-refractivity contribution in [2.45, 2.75) is 4.87 Å². The van der Waals surface area contributed by atoms with Crippen molar-refractivity contribution in [3.8, 4) is 0 Å². The molecule has 1 aromatic carbocycles. The molecule has 0 radical (unpaired) electrons. The van der Waals surface area contributed by atoms with Gasteiger partial charge in [0.2, 0.25) is 0 Å². The molecule has 0 saturated heterocycles. The summed E-state index contributed by atoms with van der Waals surface area (Å²) in [6.45, 7) is 0. The molecule has 3 nitrogen and oxygen atoms in total. The summed E-state index contributed by atoms with van der Waals surface area (Å²) in [5.74, 6) is -0.501. The molecule has 0 amide bonds. The van der Waals surface area contributed by atoms with Crippen molar-refractivity contribution in [1.29, 1.82) is 0 Å². The van der Waals surface area contributed by atoms with E-state index in [1.807, 2.05) is 24.3 Å². The van der Waals surface area contributed by atoms with Crippen molar-refractivity contribution in [3.63, 3.8) is 0 Å². The lowest BCUT2D eigenvalue weighted by atomic mass is 9.97. The first-order valence-electron chi connectivity index (χ1n) is 5.31. The van der Waals surface area contributed by atoms with Gasteiger partial charge in [-0.15, -0.1) is 11.6 Å². The molecule has 0 aliphatic rings. The van der Waals surface area contributed by atoms with Crippen LogP contribution in [-0.4, -0.2) is 23.4 Å². The van der Waals surface area contributed by atoms with Crippen LogP contribution in [0, 0.1) is 0 Å². The number of pyridine rings is 1. The van der Waals surface area contributed by atoms with Crippen LogP contribution in [-0.2, 0) is 14.4 Å². The normalized spacial score (nSPS) is 14.2. The van der Waals surface area contributed by atoms with Crippen molar-refractivity contribution in [1.82, 2.24) is 4.98 Å². The van der Waals surface area contributed by atoms with Gasteiger partial charge >= 0.3 is 5.97 Å². The molecule has 0 N–H and O–H groups in total. The van der Waals surface area contributed by atoms with Gasteiger partial charge in [0, 0.05) is 22.5 Å². The summed E-state index contributed by atoms with van der Waals surface area (Å²) in [6.07, 6.45) is 1.68. The van der Waals surface area contributed by atoms with Crippen molar-refractivity contribution in [2.24, 2.45) is 0 Å². The van der Waals surface area contributed by atoms with Crippen LogP contribution in [0.2, 0.25) is 0 Å². The van der Waals surface area contributed by atoms with E-state index in [-0.39, 0.29) is 5.33 Å². The number of fused-ring (bicyclic) bond motifs is 1. The molecule has 1 heterocycles. The van der Waals surface area contributed by atoms with Crippen LogP contribution < -0.4 is 0 Å². The summed E-state index contributed by atoms with van der Waals surface area (Å²) >= 11 is 9.69. The van der Waals surface area contributed by atoms with E-state index in [9.17, 15) is 4.79 Å². The number of hydrogen-bond donors (Lipinski definition) is 0. The Bertz CT molecular complexity index is 585. The zero-order valence-electron chi connectivity index (χ0n) is 9.69. The summed E-state index contributed by atoms with van der Waals surface area (Å²) in [5.41, 5.74) is 1.35. The minimum atomic E-state index is -1.26. The van der Waals surface area contributed by atoms with Crippen molar-refractivity contribution in [3.05, 3.63) is 42.1 Å². The summed E-state index contributed by atoms with van der Waals surface area (Å²) in [4.78, 5) is 14.9. The zero-order valence-corrected chi connectivity index (χ0v) is 12.0. The van der Waals surface area contributed by atoms with Gasteiger partial charge in [-0.2, -0.15) is 0 Å². The zero-order chi connectivity index (χ0) is 13.2. The van der Waals surface area contributed by atoms with Crippen LogP contribution in [0.25, 0.3) is 10.9 Å². The number of ether oxygens (including phenoxy) is 1. The number of halogens is 2. The molecule has 2 aromatic rings. The maximum atomic E-state index is 11.9. The Morgan fingerprint density at radius 3 is 2.83 bits per heavy atom. The summed E-state index contributed by atoms with van der Waals surface area (Å²) in [5, 5.41) is 1.19. The standard InChI is InChI=1S/C13H11BrClNO2/c1-18-12(17)13(15,8-14)10-6-2-4-9-5-3-7-16-11(9)10/h2-7H,8H2,1H3.